The number of aliphatic hydroxyl groups excluding tert-OH is 2. The molecule has 0 aliphatic heterocycles. The van der Waals surface area contributed by atoms with Crippen LogP contribution in [0.5, 0.6) is 0 Å². The van der Waals surface area contributed by atoms with Crippen LogP contribution in [0, 0.1) is 46.3 Å². The largest absolute Gasteiger partial charge is 0.481 e. The van der Waals surface area contributed by atoms with Gasteiger partial charge in [-0.05, 0) is 80.0 Å². The van der Waals surface area contributed by atoms with E-state index in [-0.39, 0.29) is 60.4 Å². The van der Waals surface area contributed by atoms with Crippen molar-refractivity contribution >= 4 is 17.9 Å². The number of hydrogen-bond donors (Lipinski definition) is 4. The van der Waals surface area contributed by atoms with Crippen LogP contribution in [0.1, 0.15) is 85.5 Å². The van der Waals surface area contributed by atoms with Gasteiger partial charge in [0.2, 0.25) is 5.79 Å². The SMILES string of the molecule is CC(=O)OC[C@H](CCC(=O)O)[C@H]1CC[C@H]2[C@H]3[C@H](C[C@H](O)[C@]12C)[C@@]1(C)CC[C@@H](O)C[C@H]1C[C@]3(O)OC(C)=O. The second-order valence-corrected chi connectivity index (χ2v) is 12.8. The lowest BCUT2D eigenvalue weighted by Gasteiger charge is -2.65. The molecule has 11 atom stereocenters. The minimum absolute atomic E-state index is 0.0390. The topological polar surface area (TPSA) is 151 Å². The zero-order valence-electron chi connectivity index (χ0n) is 22.5. The van der Waals surface area contributed by atoms with E-state index < -0.39 is 41.3 Å². The van der Waals surface area contributed by atoms with Gasteiger partial charge in [0.1, 0.15) is 0 Å². The smallest absolute Gasteiger partial charge is 0.305 e. The number of fused-ring (bicyclic) bond motifs is 5. The second-order valence-electron chi connectivity index (χ2n) is 12.8. The average Bonchev–Trinajstić information content (AvgIpc) is 3.13. The Morgan fingerprint density at radius 2 is 1.70 bits per heavy atom. The lowest BCUT2D eigenvalue weighted by molar-refractivity contribution is -0.320. The van der Waals surface area contributed by atoms with E-state index in [1.807, 2.05) is 6.92 Å². The van der Waals surface area contributed by atoms with Crippen molar-refractivity contribution in [3.63, 3.8) is 0 Å². The molecule has 0 heterocycles. The molecular weight excluding hydrogens is 480 g/mol. The molecule has 0 aromatic rings. The van der Waals surface area contributed by atoms with Gasteiger partial charge in [-0.15, -0.1) is 0 Å². The highest BCUT2D eigenvalue weighted by molar-refractivity contribution is 5.67. The number of ether oxygens (including phenoxy) is 2. The molecule has 4 saturated carbocycles. The van der Waals surface area contributed by atoms with Gasteiger partial charge in [-0.2, -0.15) is 0 Å². The van der Waals surface area contributed by atoms with E-state index in [0.29, 0.717) is 38.5 Å². The van der Waals surface area contributed by atoms with E-state index >= 15 is 0 Å². The maximum Gasteiger partial charge on any atom is 0.305 e. The minimum Gasteiger partial charge on any atom is -0.481 e. The van der Waals surface area contributed by atoms with Crippen LogP contribution in [0.25, 0.3) is 0 Å². The molecule has 0 aromatic heterocycles. The third kappa shape index (κ3) is 4.91. The lowest BCUT2D eigenvalue weighted by Crippen LogP contribution is -2.67. The van der Waals surface area contributed by atoms with Crippen molar-refractivity contribution in [2.75, 3.05) is 6.61 Å². The number of carboxylic acids is 1. The van der Waals surface area contributed by atoms with Gasteiger partial charge in [0, 0.05) is 38.0 Å². The van der Waals surface area contributed by atoms with Gasteiger partial charge >= 0.3 is 17.9 Å². The summed E-state index contributed by atoms with van der Waals surface area (Å²) >= 11 is 0. The standard InChI is InChI=1S/C28H44O9/c1-15(29)36-14-17(5-8-24(33)34)20-6-7-21-25-22(12-23(32)27(20,21)4)26(3)10-9-19(31)11-18(26)13-28(25,35)37-16(2)30/h17-23,25,31-32,35H,5-14H2,1-4H3,(H,33,34)/t17-,18-,19+,20+,21-,22-,23-,25-,26-,27+,28-/m0/s1. The van der Waals surface area contributed by atoms with Gasteiger partial charge in [-0.25, -0.2) is 0 Å². The number of carbonyl (C=O) groups excluding carboxylic acids is 2. The van der Waals surface area contributed by atoms with Gasteiger partial charge < -0.3 is 29.9 Å². The van der Waals surface area contributed by atoms with Crippen molar-refractivity contribution in [2.24, 2.45) is 46.3 Å². The number of aliphatic hydroxyl groups is 3. The van der Waals surface area contributed by atoms with E-state index in [1.54, 1.807) is 0 Å². The molecule has 0 spiro atoms. The molecule has 9 heteroatoms. The van der Waals surface area contributed by atoms with Crippen LogP contribution in [0.15, 0.2) is 0 Å². The lowest BCUT2D eigenvalue weighted by atomic mass is 9.42. The quantitative estimate of drug-likeness (QED) is 0.291. The summed E-state index contributed by atoms with van der Waals surface area (Å²) in [5.74, 6) is -4.67. The fraction of sp³-hybridized carbons (Fsp3) is 0.893. The molecular formula is C28H44O9. The molecule has 4 fully saturated rings. The summed E-state index contributed by atoms with van der Waals surface area (Å²) in [7, 11) is 0. The van der Waals surface area contributed by atoms with Gasteiger partial charge in [0.15, 0.2) is 0 Å². The van der Waals surface area contributed by atoms with Gasteiger partial charge in [0.25, 0.3) is 0 Å². The Hall–Kier alpha value is -1.71. The Labute approximate surface area is 218 Å². The first-order valence-corrected chi connectivity index (χ1v) is 13.9. The van der Waals surface area contributed by atoms with Crippen LogP contribution in [-0.2, 0) is 23.9 Å². The monoisotopic (exact) mass is 524 g/mol. The van der Waals surface area contributed by atoms with E-state index in [2.05, 4.69) is 6.92 Å². The zero-order chi connectivity index (χ0) is 27.3. The van der Waals surface area contributed by atoms with Crippen molar-refractivity contribution < 1.29 is 44.3 Å². The van der Waals surface area contributed by atoms with Gasteiger partial charge in [-0.3, -0.25) is 14.4 Å². The average molecular weight is 525 g/mol. The summed E-state index contributed by atoms with van der Waals surface area (Å²) in [6.45, 7) is 6.93. The number of esters is 2. The van der Waals surface area contributed by atoms with Crippen molar-refractivity contribution in [2.45, 2.75) is 103 Å². The number of carboxylic acid groups (broad SMARTS) is 1. The molecule has 4 aliphatic rings. The first-order chi connectivity index (χ1) is 17.2. The number of carbonyl (C=O) groups is 3. The van der Waals surface area contributed by atoms with E-state index in [9.17, 15) is 34.8 Å². The van der Waals surface area contributed by atoms with Crippen LogP contribution in [0.4, 0.5) is 0 Å². The predicted molar refractivity (Wildman–Crippen MR) is 132 cm³/mol. The fourth-order valence-electron chi connectivity index (χ4n) is 9.27. The molecule has 210 valence electrons. The van der Waals surface area contributed by atoms with Crippen LogP contribution >= 0.6 is 0 Å². The summed E-state index contributed by atoms with van der Waals surface area (Å²) in [6.07, 6.45) is 3.15. The van der Waals surface area contributed by atoms with Crippen molar-refractivity contribution in [1.29, 1.82) is 0 Å². The van der Waals surface area contributed by atoms with E-state index in [4.69, 9.17) is 9.47 Å². The van der Waals surface area contributed by atoms with E-state index in [1.165, 1.54) is 13.8 Å². The molecule has 0 radical (unpaired) electrons. The molecule has 0 bridgehead atoms. The fourth-order valence-corrected chi connectivity index (χ4v) is 9.27. The molecule has 0 unspecified atom stereocenters. The summed E-state index contributed by atoms with van der Waals surface area (Å²) in [5, 5.41) is 43.6. The van der Waals surface area contributed by atoms with Gasteiger partial charge in [0.05, 0.1) is 18.8 Å². The molecule has 0 amide bonds. The molecule has 0 saturated heterocycles. The summed E-state index contributed by atoms with van der Waals surface area (Å²) in [6, 6.07) is 0. The maximum absolute atomic E-state index is 12.2. The highest BCUT2D eigenvalue weighted by Gasteiger charge is 2.70. The van der Waals surface area contributed by atoms with Crippen LogP contribution in [-0.4, -0.2) is 62.9 Å². The summed E-state index contributed by atoms with van der Waals surface area (Å²) in [4.78, 5) is 35.2. The normalized spacial score (nSPS) is 45.6. The predicted octanol–water partition coefficient (Wildman–Crippen LogP) is 2.88. The zero-order valence-corrected chi connectivity index (χ0v) is 22.5. The number of rotatable bonds is 7. The first kappa shape index (κ1) is 28.3. The molecule has 37 heavy (non-hydrogen) atoms. The highest BCUT2D eigenvalue weighted by Crippen LogP contribution is 2.70. The van der Waals surface area contributed by atoms with E-state index in [0.717, 1.165) is 6.42 Å². The van der Waals surface area contributed by atoms with Crippen molar-refractivity contribution in [3.8, 4) is 0 Å². The van der Waals surface area contributed by atoms with Crippen LogP contribution in [0.3, 0.4) is 0 Å². The molecule has 4 rings (SSSR count). The van der Waals surface area contributed by atoms with Crippen LogP contribution < -0.4 is 0 Å². The summed E-state index contributed by atoms with van der Waals surface area (Å²) < 4.78 is 11.1. The van der Waals surface area contributed by atoms with Gasteiger partial charge in [-0.1, -0.05) is 13.8 Å². The Balaban J connectivity index is 1.72. The first-order valence-electron chi connectivity index (χ1n) is 13.9. The Morgan fingerprint density at radius 3 is 2.32 bits per heavy atom. The Bertz CT molecular complexity index is 888. The van der Waals surface area contributed by atoms with Crippen molar-refractivity contribution in [3.05, 3.63) is 0 Å². The minimum atomic E-state index is -1.70. The Kier molecular flexibility index (Phi) is 7.74. The maximum atomic E-state index is 12.2. The Morgan fingerprint density at radius 1 is 1.00 bits per heavy atom. The third-order valence-electron chi connectivity index (χ3n) is 11.0. The molecule has 0 aromatic carbocycles. The van der Waals surface area contributed by atoms with Crippen molar-refractivity contribution in [1.82, 2.24) is 0 Å². The summed E-state index contributed by atoms with van der Waals surface area (Å²) in [5.41, 5.74) is -0.882. The number of hydrogen-bond acceptors (Lipinski definition) is 8. The molecule has 4 aliphatic carbocycles. The number of aliphatic carboxylic acids is 1. The third-order valence-corrected chi connectivity index (χ3v) is 11.0. The highest BCUT2D eigenvalue weighted by atomic mass is 16.7. The molecule has 9 nitrogen and oxygen atoms in total. The molecule has 4 N–H and O–H groups in total. The van der Waals surface area contributed by atoms with Crippen LogP contribution in [0.2, 0.25) is 0 Å². The second kappa shape index (κ2) is 10.1.